The van der Waals surface area contributed by atoms with Crippen molar-refractivity contribution in [1.29, 1.82) is 0 Å². The maximum Gasteiger partial charge on any atom is 0.229 e. The van der Waals surface area contributed by atoms with Gasteiger partial charge in [0.2, 0.25) is 12.1 Å². The number of aliphatic hydroxyl groups is 10. The van der Waals surface area contributed by atoms with Crippen LogP contribution in [0.3, 0.4) is 0 Å². The summed E-state index contributed by atoms with van der Waals surface area (Å²) < 4.78 is 41.5. The Hall–Kier alpha value is -3.51. The first-order valence-corrected chi connectivity index (χ1v) is 19.3. The molecular weight excluding hydrogens is 784 g/mol. The first-order valence-electron chi connectivity index (χ1n) is 19.3. The summed E-state index contributed by atoms with van der Waals surface area (Å²) in [5.41, 5.74) is 1.05. The van der Waals surface area contributed by atoms with Gasteiger partial charge in [-0.15, -0.1) is 0 Å². The summed E-state index contributed by atoms with van der Waals surface area (Å²) in [7, 11) is 1.46. The molecule has 0 radical (unpaired) electrons. The van der Waals surface area contributed by atoms with Gasteiger partial charge >= 0.3 is 0 Å². The van der Waals surface area contributed by atoms with Crippen molar-refractivity contribution in [2.45, 2.75) is 132 Å². The van der Waals surface area contributed by atoms with Crippen molar-refractivity contribution in [2.24, 2.45) is 5.92 Å². The number of phenols is 1. The Morgan fingerprint density at radius 3 is 2.12 bits per heavy atom. The normalized spacial score (nSPS) is 38.5. The number of ketones is 1. The number of phenolic OH excluding ortho intramolecular Hbond substituents is 1. The van der Waals surface area contributed by atoms with Crippen LogP contribution in [0.4, 0.5) is 0 Å². The first kappa shape index (κ1) is 45.0. The molecule has 19 nitrogen and oxygen atoms in total. The summed E-state index contributed by atoms with van der Waals surface area (Å²) in [6.07, 6.45) is -23.3. The lowest BCUT2D eigenvalue weighted by Gasteiger charge is -2.46. The maximum absolute atomic E-state index is 14.7. The fourth-order valence-electron chi connectivity index (χ4n) is 7.78. The molecule has 3 heterocycles. The van der Waals surface area contributed by atoms with E-state index in [4.69, 9.17) is 33.2 Å². The fraction of sp³-hybridized carbons (Fsp3) is 0.625. The molecule has 59 heavy (non-hydrogen) atoms. The van der Waals surface area contributed by atoms with Gasteiger partial charge in [0.15, 0.2) is 18.5 Å². The Morgan fingerprint density at radius 1 is 0.814 bits per heavy atom. The Balaban J connectivity index is 1.37. The second-order valence-corrected chi connectivity index (χ2v) is 15.6. The molecule has 6 unspecified atom stereocenters. The fourth-order valence-corrected chi connectivity index (χ4v) is 7.78. The molecule has 6 rings (SSSR count). The molecule has 17 atom stereocenters. The van der Waals surface area contributed by atoms with E-state index >= 15 is 0 Å². The van der Waals surface area contributed by atoms with Gasteiger partial charge in [0.25, 0.3) is 0 Å². The number of aliphatic hydroxyl groups excluding tert-OH is 10. The average molecular weight is 839 g/mol. The van der Waals surface area contributed by atoms with Gasteiger partial charge in [-0.1, -0.05) is 23.8 Å². The third-order valence-corrected chi connectivity index (χ3v) is 11.3. The standard InChI is InChI=1S/C40H54O19/c1-15(2)5-10-20-22(56-39-33(51)32(50)29(47)24(14-42)57-39)12-21(43)25-30(48)38(35(58-36(20)25)17-6-8-19(53-4)9-7-17)59-40-34(52)37(26(44)16(3)54-40)55-23-11-18(13-41)27(45)31(49)28(23)46/h5-9,12,16,18,23-24,26-29,31-35,37-47,49-52H,10-11,13-14H2,1-4H3/t16-,18?,23-,24?,26-,27-,28+,29-,31+,32+,33-,34+,35?,37+,38?,39?,40?/m1/s1. The van der Waals surface area contributed by atoms with Crippen LogP contribution in [0.15, 0.2) is 42.0 Å². The van der Waals surface area contributed by atoms with Gasteiger partial charge in [0, 0.05) is 24.2 Å². The zero-order chi connectivity index (χ0) is 43.0. The Kier molecular flexibility index (Phi) is 14.2. The van der Waals surface area contributed by atoms with E-state index in [0.29, 0.717) is 11.3 Å². The zero-order valence-electron chi connectivity index (χ0n) is 32.8. The lowest BCUT2D eigenvalue weighted by molar-refractivity contribution is -0.323. The first-order chi connectivity index (χ1) is 28.0. The van der Waals surface area contributed by atoms with Crippen LogP contribution < -0.4 is 14.2 Å². The van der Waals surface area contributed by atoms with Crippen LogP contribution in [0, 0.1) is 5.92 Å². The Morgan fingerprint density at radius 2 is 1.49 bits per heavy atom. The SMILES string of the molecule is COc1ccc(C2Oc3c(CC=C(C)C)c(OC4OC(CO)[C@@H](O)[C@H](O)[C@H]4O)cc(O)c3C(=O)C2OC2O[C@H](C)[C@@H](O)[C@H](O[C@@H]3CC(CO)[C@@H](O)[C@H](O)[C@H]3O)[C@@H]2O)cc1. The van der Waals surface area contributed by atoms with Crippen molar-refractivity contribution < 1.29 is 94.1 Å². The Labute approximate surface area is 339 Å². The summed E-state index contributed by atoms with van der Waals surface area (Å²) in [5, 5.41) is 117. The number of benzene rings is 2. The molecule has 4 aliphatic rings. The molecule has 3 aliphatic heterocycles. The number of hydrogen-bond donors (Lipinski definition) is 11. The number of allylic oxidation sites excluding steroid dienone is 2. The highest BCUT2D eigenvalue weighted by atomic mass is 16.7. The van der Waals surface area contributed by atoms with E-state index in [1.807, 2.05) is 13.8 Å². The second kappa shape index (κ2) is 18.6. The van der Waals surface area contributed by atoms with Crippen LogP contribution in [0.25, 0.3) is 0 Å². The third kappa shape index (κ3) is 8.95. The number of hydrogen-bond acceptors (Lipinski definition) is 19. The molecule has 2 aromatic carbocycles. The molecule has 1 aliphatic carbocycles. The van der Waals surface area contributed by atoms with Crippen molar-refractivity contribution in [3.8, 4) is 23.0 Å². The summed E-state index contributed by atoms with van der Waals surface area (Å²) in [6, 6.07) is 7.48. The molecule has 0 amide bonds. The van der Waals surface area contributed by atoms with Gasteiger partial charge in [-0.05, 0) is 51.3 Å². The molecule has 3 fully saturated rings. The molecule has 0 spiro atoms. The maximum atomic E-state index is 14.7. The number of carbonyl (C=O) groups is 1. The minimum atomic E-state index is -1.84. The van der Waals surface area contributed by atoms with E-state index in [-0.39, 0.29) is 35.5 Å². The molecule has 2 aromatic rings. The van der Waals surface area contributed by atoms with Crippen LogP contribution in [-0.2, 0) is 25.4 Å². The minimum Gasteiger partial charge on any atom is -0.507 e. The lowest BCUT2D eigenvalue weighted by Crippen LogP contribution is -2.63. The van der Waals surface area contributed by atoms with E-state index in [1.54, 1.807) is 30.3 Å². The largest absolute Gasteiger partial charge is 0.507 e. The van der Waals surface area contributed by atoms with E-state index in [2.05, 4.69) is 0 Å². The van der Waals surface area contributed by atoms with Gasteiger partial charge in [-0.3, -0.25) is 4.79 Å². The van der Waals surface area contributed by atoms with Gasteiger partial charge in [0.05, 0.1) is 32.0 Å². The van der Waals surface area contributed by atoms with E-state index in [1.165, 1.54) is 14.0 Å². The quantitative estimate of drug-likeness (QED) is 0.104. The summed E-state index contributed by atoms with van der Waals surface area (Å²) in [4.78, 5) is 14.7. The molecule has 2 saturated heterocycles. The predicted molar refractivity (Wildman–Crippen MR) is 199 cm³/mol. The Bertz CT molecular complexity index is 1780. The smallest absolute Gasteiger partial charge is 0.229 e. The number of carbonyl (C=O) groups excluding carboxylic acids is 1. The number of rotatable bonds is 12. The number of aromatic hydroxyl groups is 1. The number of ether oxygens (including phenoxy) is 7. The van der Waals surface area contributed by atoms with Crippen molar-refractivity contribution >= 4 is 5.78 Å². The van der Waals surface area contributed by atoms with Crippen molar-refractivity contribution in [1.82, 2.24) is 0 Å². The van der Waals surface area contributed by atoms with Gasteiger partial charge in [-0.25, -0.2) is 0 Å². The summed E-state index contributed by atoms with van der Waals surface area (Å²) in [6.45, 7) is 3.81. The van der Waals surface area contributed by atoms with Gasteiger partial charge in [0.1, 0.15) is 83.5 Å². The number of fused-ring (bicyclic) bond motifs is 1. The highest BCUT2D eigenvalue weighted by Gasteiger charge is 2.53. The van der Waals surface area contributed by atoms with Gasteiger partial charge < -0.3 is 89.3 Å². The van der Waals surface area contributed by atoms with E-state index in [9.17, 15) is 61.0 Å². The molecule has 1 saturated carbocycles. The van der Waals surface area contributed by atoms with Gasteiger partial charge in [-0.2, -0.15) is 0 Å². The zero-order valence-corrected chi connectivity index (χ0v) is 32.8. The number of methoxy groups -OCH3 is 1. The molecule has 19 heteroatoms. The van der Waals surface area contributed by atoms with Crippen LogP contribution in [0.2, 0.25) is 0 Å². The van der Waals surface area contributed by atoms with Crippen LogP contribution in [-0.4, -0.2) is 174 Å². The topological polar surface area (TPSA) is 304 Å². The predicted octanol–water partition coefficient (Wildman–Crippen LogP) is -1.89. The molecule has 11 N–H and O–H groups in total. The van der Waals surface area contributed by atoms with Crippen molar-refractivity contribution in [3.63, 3.8) is 0 Å². The van der Waals surface area contributed by atoms with Crippen LogP contribution in [0.1, 0.15) is 54.8 Å². The average Bonchev–Trinajstić information content (AvgIpc) is 3.21. The van der Waals surface area contributed by atoms with E-state index < -0.39 is 129 Å². The summed E-state index contributed by atoms with van der Waals surface area (Å²) in [5.74, 6) is -2.20. The highest BCUT2D eigenvalue weighted by molar-refractivity contribution is 6.06. The molecular formula is C40H54O19. The van der Waals surface area contributed by atoms with Crippen LogP contribution >= 0.6 is 0 Å². The van der Waals surface area contributed by atoms with E-state index in [0.717, 1.165) is 11.6 Å². The highest BCUT2D eigenvalue weighted by Crippen LogP contribution is 2.48. The molecule has 0 bridgehead atoms. The lowest BCUT2D eigenvalue weighted by atomic mass is 9.81. The monoisotopic (exact) mass is 838 g/mol. The van der Waals surface area contributed by atoms with Crippen LogP contribution in [0.5, 0.6) is 23.0 Å². The summed E-state index contributed by atoms with van der Waals surface area (Å²) >= 11 is 0. The minimum absolute atomic E-state index is 0.0423. The molecule has 328 valence electrons. The molecule has 0 aromatic heterocycles. The van der Waals surface area contributed by atoms with Crippen molar-refractivity contribution in [3.05, 3.63) is 58.7 Å². The number of Topliss-reactive ketones (excluding diaryl/α,β-unsaturated/α-hetero) is 1. The third-order valence-electron chi connectivity index (χ3n) is 11.3. The van der Waals surface area contributed by atoms with Crippen molar-refractivity contribution in [2.75, 3.05) is 20.3 Å². The second-order valence-electron chi connectivity index (χ2n) is 15.6.